The summed E-state index contributed by atoms with van der Waals surface area (Å²) in [6.45, 7) is 11.3. The lowest BCUT2D eigenvalue weighted by Gasteiger charge is -2.28. The van der Waals surface area contributed by atoms with E-state index >= 15 is 0 Å². The maximum Gasteiger partial charge on any atom is 0.264 e. The van der Waals surface area contributed by atoms with Gasteiger partial charge in [0.05, 0.1) is 27.9 Å². The molecule has 3 aromatic carbocycles. The van der Waals surface area contributed by atoms with Gasteiger partial charge < -0.3 is 29.6 Å². The molecule has 6 rings (SSSR count). The van der Waals surface area contributed by atoms with Gasteiger partial charge in [-0.15, -0.1) is 5.48 Å². The number of ether oxygens (including phenoxy) is 1. The van der Waals surface area contributed by atoms with Crippen LogP contribution >= 0.6 is 0 Å². The molecule has 1 unspecified atom stereocenters. The first kappa shape index (κ1) is 35.2. The number of carbonyl (C=O) groups excluding carboxylic acids is 2. The number of rotatable bonds is 11. The largest absolute Gasteiger partial charge is 0.389 e. The number of fused-ring (bicyclic) bond motifs is 1. The SMILES string of the molecule is CCOC1Nc2cccc(C(=O)N(C)C)c2N1Cc1ccc(-c2ccccc2S(=O)(=O)NC2=C(C)[C@H](C)NO2)c(CN2CCC(C)(C)C2=O)c1. The lowest BCUT2D eigenvalue weighted by molar-refractivity contribution is -0.135. The van der Waals surface area contributed by atoms with Crippen LogP contribution < -0.4 is 20.4 Å². The van der Waals surface area contributed by atoms with Crippen molar-refractivity contribution in [2.45, 2.75) is 71.4 Å². The summed E-state index contributed by atoms with van der Waals surface area (Å²) in [6, 6.07) is 18.2. The van der Waals surface area contributed by atoms with Crippen molar-refractivity contribution >= 4 is 33.2 Å². The zero-order valence-electron chi connectivity index (χ0n) is 29.7. The molecule has 2 amide bonds. The molecule has 0 radical (unpaired) electrons. The number of carbonyl (C=O) groups is 2. The number of amides is 2. The van der Waals surface area contributed by atoms with Gasteiger partial charge >= 0.3 is 0 Å². The minimum atomic E-state index is -4.07. The fourth-order valence-corrected chi connectivity index (χ4v) is 7.90. The van der Waals surface area contributed by atoms with E-state index in [4.69, 9.17) is 9.57 Å². The highest BCUT2D eigenvalue weighted by molar-refractivity contribution is 7.89. The second-order valence-corrected chi connectivity index (χ2v) is 15.5. The van der Waals surface area contributed by atoms with Gasteiger partial charge in [0, 0.05) is 56.9 Å². The van der Waals surface area contributed by atoms with Crippen LogP contribution in [0.5, 0.6) is 0 Å². The average molecular weight is 703 g/mol. The summed E-state index contributed by atoms with van der Waals surface area (Å²) in [5.74, 6) is 0.0885. The molecule has 266 valence electrons. The predicted octanol–water partition coefficient (Wildman–Crippen LogP) is 5.00. The molecule has 0 aliphatic carbocycles. The second-order valence-electron chi connectivity index (χ2n) is 13.9. The van der Waals surface area contributed by atoms with Gasteiger partial charge in [0.15, 0.2) is 0 Å². The molecule has 3 aliphatic rings. The van der Waals surface area contributed by atoms with Crippen molar-refractivity contribution in [1.29, 1.82) is 0 Å². The Morgan fingerprint density at radius 3 is 2.50 bits per heavy atom. The second kappa shape index (κ2) is 13.6. The first-order valence-electron chi connectivity index (χ1n) is 16.9. The highest BCUT2D eigenvalue weighted by Gasteiger charge is 2.39. The molecule has 0 saturated carbocycles. The number of hydrogen-bond acceptors (Lipinski definition) is 9. The molecule has 3 aromatic rings. The molecule has 12 nitrogen and oxygen atoms in total. The van der Waals surface area contributed by atoms with Crippen LogP contribution in [0.2, 0.25) is 0 Å². The minimum absolute atomic E-state index is 0.0553. The fraction of sp³-hybridized carbons (Fsp3) is 0.405. The average Bonchev–Trinajstić information content (AvgIpc) is 3.68. The third kappa shape index (κ3) is 6.64. The highest BCUT2D eigenvalue weighted by atomic mass is 32.2. The van der Waals surface area contributed by atoms with E-state index in [1.54, 1.807) is 43.3 Å². The topological polar surface area (TPSA) is 133 Å². The molecule has 3 N–H and O–H groups in total. The van der Waals surface area contributed by atoms with Gasteiger partial charge in [-0.25, -0.2) is 13.1 Å². The van der Waals surface area contributed by atoms with Crippen molar-refractivity contribution in [1.82, 2.24) is 20.0 Å². The van der Waals surface area contributed by atoms with E-state index in [-0.39, 0.29) is 28.6 Å². The van der Waals surface area contributed by atoms with Crippen molar-refractivity contribution in [3.63, 3.8) is 0 Å². The number of para-hydroxylation sites is 1. The molecule has 3 heterocycles. The Morgan fingerprint density at radius 1 is 1.08 bits per heavy atom. The summed E-state index contributed by atoms with van der Waals surface area (Å²) < 4.78 is 36.5. The van der Waals surface area contributed by atoms with Crippen LogP contribution in [0.25, 0.3) is 11.1 Å². The van der Waals surface area contributed by atoms with Crippen molar-refractivity contribution in [2.24, 2.45) is 5.41 Å². The van der Waals surface area contributed by atoms with Crippen LogP contribution in [0.1, 0.15) is 62.5 Å². The van der Waals surface area contributed by atoms with E-state index < -0.39 is 21.8 Å². The maximum atomic E-state index is 13.9. The van der Waals surface area contributed by atoms with E-state index in [0.717, 1.165) is 34.5 Å². The molecular formula is C37H46N6O6S. The summed E-state index contributed by atoms with van der Waals surface area (Å²) in [6.07, 6.45) is 0.214. The minimum Gasteiger partial charge on any atom is -0.389 e. The number of hydroxylamine groups is 1. The number of sulfonamides is 1. The molecule has 50 heavy (non-hydrogen) atoms. The van der Waals surface area contributed by atoms with Gasteiger partial charge in [-0.1, -0.05) is 56.3 Å². The smallest absolute Gasteiger partial charge is 0.264 e. The van der Waals surface area contributed by atoms with Crippen molar-refractivity contribution in [3.05, 3.63) is 88.8 Å². The number of hydrogen-bond donors (Lipinski definition) is 3. The van der Waals surface area contributed by atoms with Gasteiger partial charge in [0.1, 0.15) is 0 Å². The van der Waals surface area contributed by atoms with Gasteiger partial charge in [0.2, 0.25) is 18.1 Å². The fourth-order valence-electron chi connectivity index (χ4n) is 6.62. The van der Waals surface area contributed by atoms with Crippen LogP contribution in [0.15, 0.2) is 77.0 Å². The zero-order valence-corrected chi connectivity index (χ0v) is 30.5. The molecule has 1 fully saturated rings. The number of likely N-dealkylation sites (tertiary alicyclic amines) is 1. The molecule has 0 spiro atoms. The number of benzene rings is 3. The Morgan fingerprint density at radius 2 is 1.84 bits per heavy atom. The van der Waals surface area contributed by atoms with Crippen LogP contribution in [0, 0.1) is 5.41 Å². The lowest BCUT2D eigenvalue weighted by Crippen LogP contribution is -2.38. The first-order valence-corrected chi connectivity index (χ1v) is 18.4. The molecule has 1 saturated heterocycles. The molecule has 2 atom stereocenters. The Bertz CT molecular complexity index is 1960. The van der Waals surface area contributed by atoms with Crippen LogP contribution in [-0.2, 0) is 37.5 Å². The van der Waals surface area contributed by atoms with E-state index in [2.05, 4.69) is 15.5 Å². The summed E-state index contributed by atoms with van der Waals surface area (Å²) in [4.78, 5) is 37.7. The monoisotopic (exact) mass is 702 g/mol. The van der Waals surface area contributed by atoms with Crippen LogP contribution in [0.4, 0.5) is 11.4 Å². The first-order chi connectivity index (χ1) is 23.7. The summed E-state index contributed by atoms with van der Waals surface area (Å²) >= 11 is 0. The Labute approximate surface area is 294 Å². The van der Waals surface area contributed by atoms with Gasteiger partial charge in [-0.2, -0.15) is 0 Å². The molecule has 0 aromatic heterocycles. The number of nitrogens with zero attached hydrogens (tertiary/aromatic N) is 3. The highest BCUT2D eigenvalue weighted by Crippen LogP contribution is 2.41. The Kier molecular flexibility index (Phi) is 9.59. The van der Waals surface area contributed by atoms with Crippen molar-refractivity contribution < 1.29 is 27.6 Å². The maximum absolute atomic E-state index is 13.9. The number of anilines is 2. The van der Waals surface area contributed by atoms with Gasteiger partial charge in [0.25, 0.3) is 15.9 Å². The summed E-state index contributed by atoms with van der Waals surface area (Å²) in [7, 11) is -0.617. The molecule has 3 aliphatic heterocycles. The van der Waals surface area contributed by atoms with E-state index in [9.17, 15) is 18.0 Å². The quantitative estimate of drug-likeness (QED) is 0.253. The van der Waals surface area contributed by atoms with Crippen molar-refractivity contribution in [3.8, 4) is 11.1 Å². The predicted molar refractivity (Wildman–Crippen MR) is 192 cm³/mol. The Balaban J connectivity index is 1.43. The van der Waals surface area contributed by atoms with Gasteiger partial charge in [-0.3, -0.25) is 9.59 Å². The normalized spacial score (nSPS) is 19.8. The molecule has 13 heteroatoms. The standard InChI is InChI=1S/C37H46N6O6S/c1-8-48-36-38-30-14-11-13-29(34(44)41(6)7)32(30)43(36)21-25-16-17-27(26(20-25)22-42-19-18-37(4,5)35(42)45)28-12-9-10-15-31(28)50(46,47)40-33-23(2)24(3)39-49-33/h9-17,20,24,36,38-40H,8,18-19,21-22H2,1-7H3/t24-,36?/m0/s1. The summed E-state index contributed by atoms with van der Waals surface area (Å²) in [5.41, 5.74) is 8.05. The Hall–Kier alpha value is -4.59. The summed E-state index contributed by atoms with van der Waals surface area (Å²) in [5, 5.41) is 3.41. The van der Waals surface area contributed by atoms with Crippen molar-refractivity contribution in [2.75, 3.05) is 37.5 Å². The number of nitrogens with one attached hydrogen (secondary N) is 3. The molecular weight excluding hydrogens is 657 g/mol. The third-order valence-electron chi connectivity index (χ3n) is 9.64. The zero-order chi connectivity index (χ0) is 36.0. The van der Waals surface area contributed by atoms with E-state index in [0.29, 0.717) is 42.9 Å². The van der Waals surface area contributed by atoms with E-state index in [1.807, 2.05) is 80.8 Å². The van der Waals surface area contributed by atoms with E-state index in [1.165, 1.54) is 0 Å². The van der Waals surface area contributed by atoms with Crippen LogP contribution in [-0.4, -0.2) is 69.7 Å². The van der Waals surface area contributed by atoms with Crippen LogP contribution in [0.3, 0.4) is 0 Å². The lowest BCUT2D eigenvalue weighted by atomic mass is 9.92. The molecule has 0 bridgehead atoms. The van der Waals surface area contributed by atoms with Gasteiger partial charge in [-0.05, 0) is 62.1 Å². The third-order valence-corrected chi connectivity index (χ3v) is 11.0.